The van der Waals surface area contributed by atoms with Gasteiger partial charge in [-0.1, -0.05) is 60.3 Å². The standard InChI is InChI=1S/C10H16O4.C9H18N2.Pt/c1-9(2)6(7(11)12)4-5-10(9,3)8(13)14;1-7(2)11-9-6-4-3-5-8(9)10;/h6H,4-5H2,1-3H3,(H,11,12)(H,13,14);7-10H,3-6H2,1-2H3;/q;-2;+4/p-2/t;8-,9-;/m.1./s1. The number of hydrogen-bond donors (Lipinski definition) is 0. The van der Waals surface area contributed by atoms with Gasteiger partial charge in [-0.2, -0.15) is 12.1 Å². The zero-order valence-corrected chi connectivity index (χ0v) is 18.7. The third kappa shape index (κ3) is 5.77. The van der Waals surface area contributed by atoms with Gasteiger partial charge >= 0.3 is 21.1 Å². The number of carboxylic acid groups (broad SMARTS) is 2. The molecule has 0 amide bonds. The zero-order chi connectivity index (χ0) is 19.4. The van der Waals surface area contributed by atoms with Gasteiger partial charge in [0.15, 0.2) is 0 Å². The molecule has 2 unspecified atom stereocenters. The van der Waals surface area contributed by atoms with Crippen LogP contribution in [0.25, 0.3) is 11.1 Å². The van der Waals surface area contributed by atoms with E-state index in [0.717, 1.165) is 12.8 Å². The summed E-state index contributed by atoms with van der Waals surface area (Å²) in [5.41, 5.74) is 5.84. The number of nitrogens with one attached hydrogen (secondary N) is 1. The molecule has 0 aromatic heterocycles. The Morgan fingerprint density at radius 2 is 1.62 bits per heavy atom. The van der Waals surface area contributed by atoms with Crippen LogP contribution in [0.1, 0.15) is 73.1 Å². The SMILES string of the molecule is CC(C)[N-][C@@H]1CCCC[C@H]1[NH-].CC1(C(=O)[O-])CCC(C(=O)[O-])C1(C)C.[Pt+4]. The summed E-state index contributed by atoms with van der Waals surface area (Å²) >= 11 is 0. The van der Waals surface area contributed by atoms with E-state index < -0.39 is 28.7 Å². The predicted molar refractivity (Wildman–Crippen MR) is 93.5 cm³/mol. The van der Waals surface area contributed by atoms with Crippen molar-refractivity contribution in [3.63, 3.8) is 0 Å². The van der Waals surface area contributed by atoms with Crippen LogP contribution in [0.2, 0.25) is 0 Å². The van der Waals surface area contributed by atoms with E-state index in [2.05, 4.69) is 19.2 Å². The second-order valence-electron chi connectivity index (χ2n) is 8.45. The molecule has 152 valence electrons. The summed E-state index contributed by atoms with van der Waals surface area (Å²) in [7, 11) is 0. The van der Waals surface area contributed by atoms with Crippen LogP contribution in [0.3, 0.4) is 0 Å². The molecule has 2 aliphatic rings. The number of hydrogen-bond acceptors (Lipinski definition) is 4. The molecule has 4 atom stereocenters. The molecule has 0 radical (unpaired) electrons. The summed E-state index contributed by atoms with van der Waals surface area (Å²) < 4.78 is 0. The Hall–Kier alpha value is -0.452. The fraction of sp³-hybridized carbons (Fsp3) is 0.895. The maximum absolute atomic E-state index is 11.0. The van der Waals surface area contributed by atoms with Crippen molar-refractivity contribution in [2.24, 2.45) is 16.7 Å². The Morgan fingerprint density at radius 3 is 1.96 bits per heavy atom. The first-order chi connectivity index (χ1) is 11.4. The smallest absolute Gasteiger partial charge is 0.676 e. The molecule has 0 bridgehead atoms. The van der Waals surface area contributed by atoms with Crippen molar-refractivity contribution < 1.29 is 40.9 Å². The van der Waals surface area contributed by atoms with Gasteiger partial charge in [0, 0.05) is 23.3 Å². The quantitative estimate of drug-likeness (QED) is 0.535. The molecule has 2 saturated carbocycles. The van der Waals surface area contributed by atoms with Crippen molar-refractivity contribution in [2.45, 2.75) is 91.3 Å². The van der Waals surface area contributed by atoms with Gasteiger partial charge in [-0.3, -0.25) is 0 Å². The monoisotopic (exact) mass is 547 g/mol. The van der Waals surface area contributed by atoms with Crippen LogP contribution in [0, 0.1) is 16.7 Å². The summed E-state index contributed by atoms with van der Waals surface area (Å²) in [5.74, 6) is -3.04. The van der Waals surface area contributed by atoms with E-state index in [1.807, 2.05) is 0 Å². The molecule has 0 spiro atoms. The molecule has 0 saturated heterocycles. The summed E-state index contributed by atoms with van der Waals surface area (Å²) in [6, 6.07) is 0.834. The van der Waals surface area contributed by atoms with Crippen molar-refractivity contribution >= 4 is 11.9 Å². The van der Waals surface area contributed by atoms with Gasteiger partial charge in [0.2, 0.25) is 0 Å². The predicted octanol–water partition coefficient (Wildman–Crippen LogP) is 2.06. The normalized spacial score (nSPS) is 33.0. The van der Waals surface area contributed by atoms with Gasteiger partial charge in [-0.25, -0.2) is 0 Å². The van der Waals surface area contributed by atoms with Crippen molar-refractivity contribution in [2.75, 3.05) is 0 Å². The van der Waals surface area contributed by atoms with Gasteiger partial charge < -0.3 is 30.9 Å². The molecule has 0 aromatic rings. The van der Waals surface area contributed by atoms with Crippen LogP contribution in [-0.4, -0.2) is 30.1 Å². The topological polar surface area (TPSA) is 118 Å². The van der Waals surface area contributed by atoms with Crippen LogP contribution >= 0.6 is 0 Å². The van der Waals surface area contributed by atoms with Crippen LogP contribution in [0.5, 0.6) is 0 Å². The molecule has 1 N–H and O–H groups in total. The third-order valence-corrected chi connectivity index (χ3v) is 6.18. The molecule has 6 nitrogen and oxygen atoms in total. The van der Waals surface area contributed by atoms with E-state index in [9.17, 15) is 19.8 Å². The minimum Gasteiger partial charge on any atom is -0.676 e. The second-order valence-corrected chi connectivity index (χ2v) is 8.45. The van der Waals surface area contributed by atoms with Crippen molar-refractivity contribution in [1.82, 2.24) is 0 Å². The van der Waals surface area contributed by atoms with E-state index in [1.54, 1.807) is 20.8 Å². The first-order valence-corrected chi connectivity index (χ1v) is 9.27. The van der Waals surface area contributed by atoms with E-state index in [1.165, 1.54) is 12.8 Å². The van der Waals surface area contributed by atoms with E-state index in [4.69, 9.17) is 5.73 Å². The van der Waals surface area contributed by atoms with Crippen LogP contribution < -0.4 is 10.2 Å². The van der Waals surface area contributed by atoms with E-state index in [0.29, 0.717) is 24.9 Å². The molecule has 0 heterocycles. The van der Waals surface area contributed by atoms with Crippen molar-refractivity contribution in [3.8, 4) is 0 Å². The Balaban J connectivity index is 0.000000475. The van der Waals surface area contributed by atoms with Crippen LogP contribution in [0.4, 0.5) is 0 Å². The summed E-state index contributed by atoms with van der Waals surface area (Å²) in [6.45, 7) is 9.04. The largest absolute Gasteiger partial charge is 4.00 e. The number of nitrogens with zero attached hydrogens (tertiary/aromatic N) is 1. The number of carboxylic acids is 2. The number of carbonyl (C=O) groups excluding carboxylic acids is 2. The summed E-state index contributed by atoms with van der Waals surface area (Å²) in [6.07, 6.45) is 5.39. The third-order valence-electron chi connectivity index (χ3n) is 6.18. The minimum absolute atomic E-state index is 0. The average molecular weight is 548 g/mol. The van der Waals surface area contributed by atoms with E-state index >= 15 is 0 Å². The van der Waals surface area contributed by atoms with E-state index in [-0.39, 0.29) is 27.1 Å². The van der Waals surface area contributed by atoms with Crippen LogP contribution in [0.15, 0.2) is 0 Å². The molecule has 2 fully saturated rings. The second kappa shape index (κ2) is 10.2. The van der Waals surface area contributed by atoms with Crippen LogP contribution in [-0.2, 0) is 30.7 Å². The number of rotatable bonds is 4. The minimum atomic E-state index is -1.17. The Bertz CT molecular complexity index is 484. The first-order valence-electron chi connectivity index (χ1n) is 9.27. The summed E-state index contributed by atoms with van der Waals surface area (Å²) in [4.78, 5) is 21.8. The molecule has 2 aliphatic carbocycles. The molecular weight excluding hydrogens is 515 g/mol. The van der Waals surface area contributed by atoms with Gasteiger partial charge in [-0.05, 0) is 18.3 Å². The Labute approximate surface area is 171 Å². The molecule has 7 heteroatoms. The maximum Gasteiger partial charge on any atom is 4.00 e. The van der Waals surface area contributed by atoms with Gasteiger partial charge in [-0.15, -0.1) is 6.04 Å². The van der Waals surface area contributed by atoms with Crippen molar-refractivity contribution in [1.29, 1.82) is 0 Å². The van der Waals surface area contributed by atoms with Crippen molar-refractivity contribution in [3.05, 3.63) is 11.1 Å². The fourth-order valence-electron chi connectivity index (χ4n) is 3.95. The molecule has 2 rings (SSSR count). The number of carbonyl (C=O) groups is 2. The molecule has 0 aliphatic heterocycles. The Morgan fingerprint density at radius 1 is 1.08 bits per heavy atom. The zero-order valence-electron chi connectivity index (χ0n) is 16.4. The average Bonchev–Trinajstić information content (AvgIpc) is 2.73. The molecular formula is C19H32N2O4Pt. The summed E-state index contributed by atoms with van der Waals surface area (Å²) in [5, 5.41) is 26.3. The van der Waals surface area contributed by atoms with Gasteiger partial charge in [0.25, 0.3) is 0 Å². The molecule has 0 aromatic carbocycles. The fourth-order valence-corrected chi connectivity index (χ4v) is 3.95. The number of aliphatic carboxylic acids is 2. The first kappa shape index (κ1) is 25.5. The maximum atomic E-state index is 11.0. The van der Waals surface area contributed by atoms with Gasteiger partial charge in [0.05, 0.1) is 0 Å². The van der Waals surface area contributed by atoms with Gasteiger partial charge in [0.1, 0.15) is 0 Å². The Kier molecular flexibility index (Phi) is 10.0. The molecule has 26 heavy (non-hydrogen) atoms.